The van der Waals surface area contributed by atoms with Crippen LogP contribution < -0.4 is 5.56 Å². The van der Waals surface area contributed by atoms with Crippen LogP contribution in [0.1, 0.15) is 48.0 Å². The summed E-state index contributed by atoms with van der Waals surface area (Å²) < 4.78 is 7.46. The third kappa shape index (κ3) is 3.35. The van der Waals surface area contributed by atoms with Crippen molar-refractivity contribution in [2.75, 3.05) is 6.54 Å². The summed E-state index contributed by atoms with van der Waals surface area (Å²) in [7, 11) is 1.72. The number of oxazole rings is 1. The lowest BCUT2D eigenvalue weighted by Crippen LogP contribution is -2.36. The Morgan fingerprint density at radius 1 is 1.29 bits per heavy atom. The molecule has 0 saturated carbocycles. The molecule has 0 bridgehead atoms. The SMILES string of the molecule is CC(C)CCc1nc2c(o1)CCN(C(=O)c1cc(=O)n(C)c3ccccc13)C2. The normalized spacial score (nSPS) is 13.9. The van der Waals surface area contributed by atoms with E-state index in [1.807, 2.05) is 24.3 Å². The zero-order valence-electron chi connectivity index (χ0n) is 16.6. The number of fused-ring (bicyclic) bond motifs is 2. The van der Waals surface area contributed by atoms with Crippen molar-refractivity contribution < 1.29 is 9.21 Å². The van der Waals surface area contributed by atoms with Gasteiger partial charge in [-0.1, -0.05) is 32.0 Å². The van der Waals surface area contributed by atoms with Crippen LogP contribution in [0.4, 0.5) is 0 Å². The summed E-state index contributed by atoms with van der Waals surface area (Å²) in [5.41, 5.74) is 1.86. The van der Waals surface area contributed by atoms with Gasteiger partial charge in [0.25, 0.3) is 11.5 Å². The van der Waals surface area contributed by atoms with E-state index >= 15 is 0 Å². The first-order valence-corrected chi connectivity index (χ1v) is 9.79. The number of nitrogens with zero attached hydrogens (tertiary/aromatic N) is 3. The smallest absolute Gasteiger partial charge is 0.255 e. The Kier molecular flexibility index (Phi) is 4.79. The quantitative estimate of drug-likeness (QED) is 0.697. The van der Waals surface area contributed by atoms with E-state index in [2.05, 4.69) is 18.8 Å². The van der Waals surface area contributed by atoms with Gasteiger partial charge in [0.05, 0.1) is 17.6 Å². The molecule has 0 fully saturated rings. The molecule has 3 heterocycles. The van der Waals surface area contributed by atoms with Gasteiger partial charge in [-0.05, 0) is 18.4 Å². The minimum Gasteiger partial charge on any atom is -0.445 e. The summed E-state index contributed by atoms with van der Waals surface area (Å²) in [4.78, 5) is 31.9. The van der Waals surface area contributed by atoms with Crippen molar-refractivity contribution >= 4 is 16.8 Å². The van der Waals surface area contributed by atoms with Crippen molar-refractivity contribution in [3.05, 3.63) is 63.6 Å². The number of pyridine rings is 1. The molecule has 0 saturated heterocycles. The van der Waals surface area contributed by atoms with Crippen LogP contribution in [0, 0.1) is 5.92 Å². The van der Waals surface area contributed by atoms with Crippen LogP contribution in [-0.2, 0) is 26.4 Å². The second-order valence-electron chi connectivity index (χ2n) is 7.86. The number of hydrogen-bond donors (Lipinski definition) is 0. The highest BCUT2D eigenvalue weighted by atomic mass is 16.4. The van der Waals surface area contributed by atoms with Gasteiger partial charge in [0.1, 0.15) is 11.5 Å². The lowest BCUT2D eigenvalue weighted by molar-refractivity contribution is 0.0729. The van der Waals surface area contributed by atoms with Crippen LogP contribution in [-0.4, -0.2) is 26.9 Å². The number of benzene rings is 1. The molecule has 0 spiro atoms. The average molecular weight is 379 g/mol. The van der Waals surface area contributed by atoms with Crippen LogP contribution >= 0.6 is 0 Å². The van der Waals surface area contributed by atoms with Crippen LogP contribution in [0.15, 0.2) is 39.5 Å². The minimum atomic E-state index is -0.183. The molecule has 2 aromatic heterocycles. The van der Waals surface area contributed by atoms with E-state index < -0.39 is 0 Å². The van der Waals surface area contributed by atoms with Gasteiger partial charge in [0.2, 0.25) is 0 Å². The lowest BCUT2D eigenvalue weighted by atomic mass is 10.1. The van der Waals surface area contributed by atoms with Gasteiger partial charge >= 0.3 is 0 Å². The largest absolute Gasteiger partial charge is 0.445 e. The zero-order valence-corrected chi connectivity index (χ0v) is 16.6. The molecule has 0 N–H and O–H groups in total. The molecular weight excluding hydrogens is 354 g/mol. The summed E-state index contributed by atoms with van der Waals surface area (Å²) >= 11 is 0. The number of hydrogen-bond acceptors (Lipinski definition) is 4. The maximum Gasteiger partial charge on any atom is 0.255 e. The summed E-state index contributed by atoms with van der Waals surface area (Å²) in [6.45, 7) is 5.34. The summed E-state index contributed by atoms with van der Waals surface area (Å²) in [6.07, 6.45) is 2.50. The minimum absolute atomic E-state index is 0.133. The van der Waals surface area contributed by atoms with Gasteiger partial charge in [0.15, 0.2) is 5.89 Å². The van der Waals surface area contributed by atoms with E-state index in [9.17, 15) is 9.59 Å². The first kappa shape index (κ1) is 18.5. The molecule has 1 amide bonds. The molecule has 146 valence electrons. The molecule has 1 aliphatic heterocycles. The second-order valence-corrected chi connectivity index (χ2v) is 7.86. The fraction of sp³-hybridized carbons (Fsp3) is 0.409. The lowest BCUT2D eigenvalue weighted by Gasteiger charge is -2.26. The molecule has 0 unspecified atom stereocenters. The highest BCUT2D eigenvalue weighted by Crippen LogP contribution is 2.24. The third-order valence-corrected chi connectivity index (χ3v) is 5.38. The molecule has 1 aliphatic rings. The summed E-state index contributed by atoms with van der Waals surface area (Å²) in [5, 5.41) is 0.790. The van der Waals surface area contributed by atoms with Crippen molar-refractivity contribution in [3.8, 4) is 0 Å². The maximum absolute atomic E-state index is 13.2. The molecular formula is C22H25N3O3. The van der Waals surface area contributed by atoms with E-state index in [0.29, 0.717) is 31.0 Å². The first-order chi connectivity index (χ1) is 13.4. The average Bonchev–Trinajstić information content (AvgIpc) is 3.11. The van der Waals surface area contributed by atoms with E-state index in [-0.39, 0.29) is 11.5 Å². The predicted octanol–water partition coefficient (Wildman–Crippen LogP) is 3.31. The Morgan fingerprint density at radius 3 is 2.86 bits per heavy atom. The Morgan fingerprint density at radius 2 is 2.07 bits per heavy atom. The Labute approximate surface area is 163 Å². The fourth-order valence-electron chi connectivity index (χ4n) is 3.70. The van der Waals surface area contributed by atoms with Gasteiger partial charge in [0, 0.05) is 37.9 Å². The number of para-hydroxylation sites is 1. The van der Waals surface area contributed by atoms with Gasteiger partial charge in [-0.3, -0.25) is 9.59 Å². The summed E-state index contributed by atoms with van der Waals surface area (Å²) in [6, 6.07) is 8.95. The van der Waals surface area contributed by atoms with Gasteiger partial charge in [-0.25, -0.2) is 4.98 Å². The Hall–Kier alpha value is -2.89. The molecule has 6 heteroatoms. The van der Waals surface area contributed by atoms with E-state index in [1.165, 1.54) is 6.07 Å². The predicted molar refractivity (Wildman–Crippen MR) is 107 cm³/mol. The topological polar surface area (TPSA) is 68.3 Å². The zero-order chi connectivity index (χ0) is 19.8. The molecule has 0 radical (unpaired) electrons. The van der Waals surface area contributed by atoms with Crippen molar-refractivity contribution in [1.82, 2.24) is 14.5 Å². The monoisotopic (exact) mass is 379 g/mol. The van der Waals surface area contributed by atoms with E-state index in [4.69, 9.17) is 4.42 Å². The van der Waals surface area contributed by atoms with Gasteiger partial charge in [-0.2, -0.15) is 0 Å². The molecule has 0 atom stereocenters. The van der Waals surface area contributed by atoms with Crippen molar-refractivity contribution in [2.24, 2.45) is 13.0 Å². The molecule has 28 heavy (non-hydrogen) atoms. The standard InChI is InChI=1S/C22H25N3O3/c1-14(2)8-9-20-23-17-13-25(11-10-19(17)28-20)22(27)16-12-21(26)24(3)18-7-5-4-6-15(16)18/h4-7,12,14H,8-11,13H2,1-3H3. The molecule has 1 aromatic carbocycles. The molecule has 3 aromatic rings. The number of amides is 1. The molecule has 4 rings (SSSR count). The molecule has 6 nitrogen and oxygen atoms in total. The molecule has 0 aliphatic carbocycles. The van der Waals surface area contributed by atoms with E-state index in [1.54, 1.807) is 16.5 Å². The van der Waals surface area contributed by atoms with Crippen LogP contribution in [0.3, 0.4) is 0 Å². The van der Waals surface area contributed by atoms with Gasteiger partial charge in [-0.15, -0.1) is 0 Å². The van der Waals surface area contributed by atoms with Crippen molar-refractivity contribution in [3.63, 3.8) is 0 Å². The fourth-order valence-corrected chi connectivity index (χ4v) is 3.70. The van der Waals surface area contributed by atoms with Gasteiger partial charge < -0.3 is 13.9 Å². The highest BCUT2D eigenvalue weighted by molar-refractivity contribution is 6.06. The Balaban J connectivity index is 1.62. The number of aryl methyl sites for hydroxylation is 2. The van der Waals surface area contributed by atoms with Crippen LogP contribution in [0.25, 0.3) is 10.9 Å². The number of carbonyl (C=O) groups is 1. The van der Waals surface area contributed by atoms with Crippen LogP contribution in [0.2, 0.25) is 0 Å². The second kappa shape index (κ2) is 7.26. The maximum atomic E-state index is 13.2. The van der Waals surface area contributed by atoms with E-state index in [0.717, 1.165) is 41.1 Å². The third-order valence-electron chi connectivity index (χ3n) is 5.38. The highest BCUT2D eigenvalue weighted by Gasteiger charge is 2.27. The summed E-state index contributed by atoms with van der Waals surface area (Å²) in [5.74, 6) is 2.10. The number of rotatable bonds is 4. The van der Waals surface area contributed by atoms with Crippen molar-refractivity contribution in [2.45, 2.75) is 39.7 Å². The number of carbonyl (C=O) groups excluding carboxylic acids is 1. The number of aromatic nitrogens is 2. The first-order valence-electron chi connectivity index (χ1n) is 9.79. The Bertz CT molecular complexity index is 1090. The van der Waals surface area contributed by atoms with Crippen molar-refractivity contribution in [1.29, 1.82) is 0 Å². The van der Waals surface area contributed by atoms with Crippen LogP contribution in [0.5, 0.6) is 0 Å².